The summed E-state index contributed by atoms with van der Waals surface area (Å²) in [6.45, 7) is 0. The van der Waals surface area contributed by atoms with Gasteiger partial charge in [0, 0.05) is 11.1 Å². The summed E-state index contributed by atoms with van der Waals surface area (Å²) in [7, 11) is 4.08. The molecule has 0 fully saturated rings. The van der Waals surface area contributed by atoms with Crippen molar-refractivity contribution in [1.82, 2.24) is 0 Å². The molecule has 0 atom stereocenters. The van der Waals surface area contributed by atoms with Gasteiger partial charge in [-0.15, -0.1) is 0 Å². The number of hydrogen-bond acceptors (Lipinski definition) is 2. The molecule has 0 aromatic heterocycles. The second-order valence-electron chi connectivity index (χ2n) is 5.33. The van der Waals surface area contributed by atoms with Gasteiger partial charge in [-0.25, -0.2) is 0 Å². The number of benzene rings is 2. The van der Waals surface area contributed by atoms with Crippen LogP contribution in [0.1, 0.15) is 32.2 Å². The molecule has 0 saturated carbocycles. The third-order valence-electron chi connectivity index (χ3n) is 3.80. The molecule has 1 aliphatic carbocycles. The van der Waals surface area contributed by atoms with Crippen molar-refractivity contribution in [1.29, 1.82) is 0 Å². The van der Waals surface area contributed by atoms with E-state index >= 15 is 0 Å². The van der Waals surface area contributed by atoms with Gasteiger partial charge in [0.05, 0.1) is 14.1 Å². The molecule has 108 valence electrons. The number of hydrogen-bond donors (Lipinski definition) is 1. The van der Waals surface area contributed by atoms with Crippen LogP contribution in [0.5, 0.6) is 0 Å². The lowest BCUT2D eigenvalue weighted by Crippen LogP contribution is -3.00. The Labute approximate surface area is 134 Å². The van der Waals surface area contributed by atoms with E-state index < -0.39 is 5.92 Å². The molecular weight excluding hydrogens is 330 g/mol. The van der Waals surface area contributed by atoms with Crippen LogP contribution >= 0.6 is 0 Å². The Kier molecular flexibility index (Phi) is 4.40. The highest BCUT2D eigenvalue weighted by molar-refractivity contribution is 6.29. The average Bonchev–Trinajstić information content (AvgIpc) is 2.72. The van der Waals surface area contributed by atoms with Crippen molar-refractivity contribution in [3.05, 3.63) is 65.2 Å². The highest BCUT2D eigenvalue weighted by atomic mass is 79.9. The maximum absolute atomic E-state index is 12.4. The third kappa shape index (κ3) is 2.57. The SMILES string of the molecule is C[NH+](C)c1ccc(C2C(=O)c3ccccc3C2=O)cc1.[Br-]. The number of Topliss-reactive ketones (excluding diaryl/α,β-unsaturated/α-hetero) is 2. The lowest BCUT2D eigenvalue weighted by molar-refractivity contribution is -0.786. The Morgan fingerprint density at radius 1 is 0.810 bits per heavy atom. The van der Waals surface area contributed by atoms with E-state index in [9.17, 15) is 9.59 Å². The molecule has 2 aromatic rings. The second kappa shape index (κ2) is 5.92. The summed E-state index contributed by atoms with van der Waals surface area (Å²) in [5.74, 6) is -0.843. The van der Waals surface area contributed by atoms with Gasteiger partial charge in [0.25, 0.3) is 0 Å². The Bertz CT molecular complexity index is 657. The predicted molar refractivity (Wildman–Crippen MR) is 76.8 cm³/mol. The van der Waals surface area contributed by atoms with Crippen molar-refractivity contribution < 1.29 is 31.5 Å². The van der Waals surface area contributed by atoms with Crippen molar-refractivity contribution >= 4 is 17.3 Å². The molecule has 3 nitrogen and oxygen atoms in total. The monoisotopic (exact) mass is 345 g/mol. The molecule has 0 radical (unpaired) electrons. The molecule has 3 rings (SSSR count). The Hall–Kier alpha value is -1.78. The topological polar surface area (TPSA) is 38.6 Å². The standard InChI is InChI=1S/C17H15NO2.BrH/c1-18(2)12-9-7-11(8-10-12)15-16(19)13-5-3-4-6-14(13)17(15)20;/h3-10,15H,1-2H3;1H. The van der Waals surface area contributed by atoms with E-state index in [4.69, 9.17) is 0 Å². The first kappa shape index (κ1) is 15.6. The number of rotatable bonds is 2. The molecule has 2 aromatic carbocycles. The van der Waals surface area contributed by atoms with E-state index in [-0.39, 0.29) is 28.5 Å². The maximum atomic E-state index is 12.4. The molecule has 0 aliphatic heterocycles. The third-order valence-corrected chi connectivity index (χ3v) is 3.80. The van der Waals surface area contributed by atoms with Crippen LogP contribution in [0.2, 0.25) is 0 Å². The van der Waals surface area contributed by atoms with E-state index in [1.165, 1.54) is 4.90 Å². The fourth-order valence-electron chi connectivity index (χ4n) is 2.65. The van der Waals surface area contributed by atoms with Gasteiger partial charge in [-0.2, -0.15) is 0 Å². The second-order valence-corrected chi connectivity index (χ2v) is 5.33. The van der Waals surface area contributed by atoms with Gasteiger partial charge < -0.3 is 21.9 Å². The fraction of sp³-hybridized carbons (Fsp3) is 0.176. The molecule has 0 unspecified atom stereocenters. The molecule has 4 heteroatoms. The summed E-state index contributed by atoms with van der Waals surface area (Å²) in [5.41, 5.74) is 3.00. The van der Waals surface area contributed by atoms with Crippen molar-refractivity contribution in [2.75, 3.05) is 14.1 Å². The van der Waals surface area contributed by atoms with Crippen molar-refractivity contribution in [3.8, 4) is 0 Å². The average molecular weight is 346 g/mol. The Morgan fingerprint density at radius 3 is 1.71 bits per heavy atom. The minimum Gasteiger partial charge on any atom is -1.00 e. The first-order chi connectivity index (χ1) is 9.59. The smallest absolute Gasteiger partial charge is 0.178 e. The number of halogens is 1. The Balaban J connectivity index is 0.00000161. The van der Waals surface area contributed by atoms with Crippen molar-refractivity contribution in [2.45, 2.75) is 5.92 Å². The molecule has 1 aliphatic rings. The van der Waals surface area contributed by atoms with Crippen LogP contribution in [0.3, 0.4) is 0 Å². The fourth-order valence-corrected chi connectivity index (χ4v) is 2.65. The zero-order valence-electron chi connectivity index (χ0n) is 11.9. The normalized spacial score (nSPS) is 14.2. The van der Waals surface area contributed by atoms with Crippen LogP contribution in [0.15, 0.2) is 48.5 Å². The van der Waals surface area contributed by atoms with Crippen LogP contribution in [0.4, 0.5) is 5.69 Å². The van der Waals surface area contributed by atoms with Gasteiger partial charge in [-0.1, -0.05) is 36.4 Å². The minimum atomic E-state index is -0.668. The largest absolute Gasteiger partial charge is 1.00 e. The lowest BCUT2D eigenvalue weighted by atomic mass is 9.94. The van der Waals surface area contributed by atoms with Crippen LogP contribution in [-0.4, -0.2) is 25.7 Å². The first-order valence-corrected chi connectivity index (χ1v) is 6.67. The summed E-state index contributed by atoms with van der Waals surface area (Å²) in [4.78, 5) is 26.0. The number of quaternary nitrogens is 1. The molecule has 0 spiro atoms. The highest BCUT2D eigenvalue weighted by Crippen LogP contribution is 2.33. The van der Waals surface area contributed by atoms with Gasteiger partial charge in [-0.3, -0.25) is 9.59 Å². The zero-order chi connectivity index (χ0) is 14.3. The van der Waals surface area contributed by atoms with E-state index in [2.05, 4.69) is 0 Å². The molecular formula is C17H16BrNO2. The van der Waals surface area contributed by atoms with Crippen LogP contribution in [0.25, 0.3) is 0 Å². The number of nitrogens with one attached hydrogen (secondary N) is 1. The predicted octanol–water partition coefficient (Wildman–Crippen LogP) is -1.37. The Morgan fingerprint density at radius 2 is 1.29 bits per heavy atom. The minimum absolute atomic E-state index is 0. The molecule has 21 heavy (non-hydrogen) atoms. The first-order valence-electron chi connectivity index (χ1n) is 6.67. The quantitative estimate of drug-likeness (QED) is 0.682. The van der Waals surface area contributed by atoms with Crippen molar-refractivity contribution in [2.24, 2.45) is 0 Å². The number of ketones is 2. The molecule has 0 amide bonds. The summed E-state index contributed by atoms with van der Waals surface area (Å²) in [6.07, 6.45) is 0. The summed E-state index contributed by atoms with van der Waals surface area (Å²) in [5, 5.41) is 0. The van der Waals surface area contributed by atoms with Crippen LogP contribution < -0.4 is 21.9 Å². The zero-order valence-corrected chi connectivity index (χ0v) is 13.5. The van der Waals surface area contributed by atoms with Gasteiger partial charge >= 0.3 is 0 Å². The van der Waals surface area contributed by atoms with Crippen LogP contribution in [0, 0.1) is 0 Å². The van der Waals surface area contributed by atoms with Gasteiger partial charge in [-0.05, 0) is 17.7 Å². The van der Waals surface area contributed by atoms with E-state index in [0.717, 1.165) is 11.3 Å². The van der Waals surface area contributed by atoms with E-state index in [1.54, 1.807) is 24.3 Å². The van der Waals surface area contributed by atoms with Gasteiger partial charge in [0.15, 0.2) is 11.6 Å². The molecule has 0 saturated heterocycles. The highest BCUT2D eigenvalue weighted by Gasteiger charge is 2.39. The molecule has 0 bridgehead atoms. The van der Waals surface area contributed by atoms with E-state index in [0.29, 0.717) is 11.1 Å². The maximum Gasteiger partial charge on any atom is 0.178 e. The summed E-state index contributed by atoms with van der Waals surface area (Å²) >= 11 is 0. The van der Waals surface area contributed by atoms with Gasteiger partial charge in [0.1, 0.15) is 11.6 Å². The lowest BCUT2D eigenvalue weighted by Gasteiger charge is -2.10. The van der Waals surface area contributed by atoms with Gasteiger partial charge in [0.2, 0.25) is 0 Å². The molecule has 0 heterocycles. The molecule has 1 N–H and O–H groups in total. The number of carbonyl (C=O) groups excluding carboxylic acids is 2. The number of carbonyl (C=O) groups is 2. The van der Waals surface area contributed by atoms with Crippen LogP contribution in [-0.2, 0) is 0 Å². The van der Waals surface area contributed by atoms with Crippen molar-refractivity contribution in [3.63, 3.8) is 0 Å². The number of fused-ring (bicyclic) bond motifs is 1. The summed E-state index contributed by atoms with van der Waals surface area (Å²) in [6, 6.07) is 14.8. The summed E-state index contributed by atoms with van der Waals surface area (Å²) < 4.78 is 0. The van der Waals surface area contributed by atoms with E-state index in [1.807, 2.05) is 38.4 Å².